The van der Waals surface area contributed by atoms with Crippen LogP contribution in [0.5, 0.6) is 0 Å². The number of thioether (sulfide) groups is 1. The molecule has 0 radical (unpaired) electrons. The molecule has 434 valence electrons. The lowest BCUT2D eigenvalue weighted by Crippen LogP contribution is -2.62. The second kappa shape index (κ2) is 25.8. The van der Waals surface area contributed by atoms with E-state index in [1.54, 1.807) is 47.6 Å². The summed E-state index contributed by atoms with van der Waals surface area (Å²) < 4.78 is 58.7. The summed E-state index contributed by atoms with van der Waals surface area (Å²) in [5.74, 6) is -5.60. The van der Waals surface area contributed by atoms with E-state index < -0.39 is 119 Å². The molecule has 0 bridgehead atoms. The minimum atomic E-state index is -2.03. The zero-order valence-corrected chi connectivity index (χ0v) is 48.1. The molecule has 4 aliphatic rings. The third-order valence-corrected chi connectivity index (χ3v) is 17.5. The number of methoxy groups -OCH3 is 2. The number of aryl methyl sites for hydroxylation is 2. The summed E-state index contributed by atoms with van der Waals surface area (Å²) in [4.78, 5) is 69.6. The van der Waals surface area contributed by atoms with Crippen molar-refractivity contribution >= 4 is 46.5 Å². The van der Waals surface area contributed by atoms with E-state index in [4.69, 9.17) is 42.6 Å². The predicted molar refractivity (Wildman–Crippen MR) is 284 cm³/mol. The highest BCUT2D eigenvalue weighted by Gasteiger charge is 2.55. The summed E-state index contributed by atoms with van der Waals surface area (Å²) in [5.41, 5.74) is -3.57. The SMILES string of the molecule is CC[C@H]1OC(=O)[C@H](C)[C@@H](O[C@H]2C[C@@](C)(OC)[C@@H](OC(=O)NCCOCCSc3cc4c5c(c3)c(=O)c(C(=O)O)cn5CC4)[C@H](C)O2)[C@H](C)[C@@H](O[C@H]2O[C@@H](C)C[C@@H](N(C)C)[C@@H]2O)[C@](C)(OC)C[C@@H](C)C(=O)[C@H](C)[C@@H](O)[C@]1(C)O. The summed E-state index contributed by atoms with van der Waals surface area (Å²) in [6, 6.07) is 3.41. The number of likely N-dealkylation sites (N-methyl/N-ethyl adjacent to an activating group) is 1. The molecule has 0 aliphatic carbocycles. The van der Waals surface area contributed by atoms with Gasteiger partial charge in [-0.15, -0.1) is 11.8 Å². The maximum Gasteiger partial charge on any atom is 0.407 e. The highest BCUT2D eigenvalue weighted by molar-refractivity contribution is 7.99. The summed E-state index contributed by atoms with van der Waals surface area (Å²) in [5, 5.41) is 47.9. The average Bonchev–Trinajstić information content (AvgIpc) is 3.88. The molecule has 5 N–H and O–H groups in total. The van der Waals surface area contributed by atoms with E-state index in [1.165, 1.54) is 46.0 Å². The lowest BCUT2D eigenvalue weighted by atomic mass is 9.74. The van der Waals surface area contributed by atoms with Crippen LogP contribution in [0.2, 0.25) is 0 Å². The number of aromatic carboxylic acids is 1. The summed E-state index contributed by atoms with van der Waals surface area (Å²) in [7, 11) is 6.69. The number of aliphatic hydroxyl groups is 3. The third kappa shape index (κ3) is 13.7. The molecular formula is C55H85N3O18S. The Labute approximate surface area is 456 Å². The fraction of sp³-hybridized carbons (Fsp3) is 0.764. The first kappa shape index (κ1) is 62.4. The molecule has 22 heteroatoms. The van der Waals surface area contributed by atoms with E-state index in [-0.39, 0.29) is 55.9 Å². The minimum absolute atomic E-state index is 0.00850. The van der Waals surface area contributed by atoms with Crippen molar-refractivity contribution in [1.29, 1.82) is 0 Å². The second-order valence-corrected chi connectivity index (χ2v) is 23.7. The van der Waals surface area contributed by atoms with Crippen LogP contribution in [0.3, 0.4) is 0 Å². The van der Waals surface area contributed by atoms with Gasteiger partial charge in [0.15, 0.2) is 18.7 Å². The van der Waals surface area contributed by atoms with Crippen molar-refractivity contribution < 1.29 is 82.2 Å². The molecule has 3 saturated heterocycles. The largest absolute Gasteiger partial charge is 0.477 e. The molecule has 18 atom stereocenters. The quantitative estimate of drug-likeness (QED) is 0.0826. The number of pyridine rings is 1. The number of carboxylic acid groups (broad SMARTS) is 1. The Balaban J connectivity index is 1.16. The number of carbonyl (C=O) groups is 4. The molecule has 0 unspecified atom stereocenters. The topological polar surface area (TPSA) is 270 Å². The Hall–Kier alpha value is -3.78. The number of carbonyl (C=O) groups excluding carboxylic acids is 3. The highest BCUT2D eigenvalue weighted by atomic mass is 32.2. The lowest BCUT2D eigenvalue weighted by molar-refractivity contribution is -0.319. The van der Waals surface area contributed by atoms with Gasteiger partial charge < -0.3 is 77.8 Å². The van der Waals surface area contributed by atoms with Crippen molar-refractivity contribution in [2.75, 3.05) is 53.8 Å². The minimum Gasteiger partial charge on any atom is -0.477 e. The van der Waals surface area contributed by atoms with Crippen molar-refractivity contribution in [1.82, 2.24) is 14.8 Å². The first-order chi connectivity index (χ1) is 36.1. The second-order valence-electron chi connectivity index (χ2n) is 22.5. The molecule has 2 aromatic rings. The van der Waals surface area contributed by atoms with Crippen LogP contribution < -0.4 is 10.7 Å². The molecule has 6 rings (SSSR count). The molecule has 1 aromatic carbocycles. The molecule has 1 aromatic heterocycles. The smallest absolute Gasteiger partial charge is 0.407 e. The highest BCUT2D eigenvalue weighted by Crippen LogP contribution is 2.42. The van der Waals surface area contributed by atoms with Gasteiger partial charge >= 0.3 is 18.0 Å². The maximum atomic E-state index is 14.6. The van der Waals surface area contributed by atoms with Crippen LogP contribution in [0.15, 0.2) is 28.0 Å². The monoisotopic (exact) mass is 1110 g/mol. The Kier molecular flexibility index (Phi) is 20.9. The van der Waals surface area contributed by atoms with Gasteiger partial charge in [0.2, 0.25) is 5.43 Å². The number of Topliss-reactive ketones (excluding diaryl/α,β-unsaturated/α-hetero) is 1. The number of nitrogens with one attached hydrogen (secondary N) is 1. The number of esters is 1. The number of aliphatic hydroxyl groups excluding tert-OH is 2. The number of hydrogen-bond acceptors (Lipinski definition) is 19. The average molecular weight is 1110 g/mol. The normalized spacial score (nSPS) is 37.4. The van der Waals surface area contributed by atoms with Crippen LogP contribution in [0.25, 0.3) is 10.9 Å². The van der Waals surface area contributed by atoms with Gasteiger partial charge in [-0.05, 0) is 99.0 Å². The van der Waals surface area contributed by atoms with E-state index in [9.17, 15) is 44.4 Å². The number of carboxylic acids is 1. The van der Waals surface area contributed by atoms with Gasteiger partial charge in [-0.2, -0.15) is 0 Å². The predicted octanol–water partition coefficient (Wildman–Crippen LogP) is 4.55. The number of hydrogen-bond donors (Lipinski definition) is 5. The number of aromatic nitrogens is 1. The zero-order chi connectivity index (χ0) is 57.1. The molecular weight excluding hydrogens is 1020 g/mol. The number of cyclic esters (lactones) is 1. The zero-order valence-electron chi connectivity index (χ0n) is 47.3. The van der Waals surface area contributed by atoms with Gasteiger partial charge in [0.05, 0.1) is 60.8 Å². The van der Waals surface area contributed by atoms with Crippen LogP contribution >= 0.6 is 11.8 Å². The third-order valence-electron chi connectivity index (χ3n) is 16.5. The Bertz CT molecular complexity index is 2460. The molecule has 77 heavy (non-hydrogen) atoms. The van der Waals surface area contributed by atoms with Crippen molar-refractivity contribution in [2.45, 2.75) is 197 Å². The fourth-order valence-electron chi connectivity index (χ4n) is 11.9. The van der Waals surface area contributed by atoms with Crippen molar-refractivity contribution in [2.24, 2.45) is 23.7 Å². The Morgan fingerprint density at radius 2 is 1.60 bits per heavy atom. The molecule has 0 spiro atoms. The maximum absolute atomic E-state index is 14.6. The molecule has 21 nitrogen and oxygen atoms in total. The number of benzene rings is 1. The summed E-state index contributed by atoms with van der Waals surface area (Å²) in [6.07, 6.45) is -8.44. The standard InChI is InChI=1S/C55H85N3O18S/c1-15-39-55(10,67)46(62)30(4)42(59)28(2)25-53(8,68-13)47(75-51-44(61)38(57(11)12)22-29(3)71-51)31(5)45(32(6)50(65)73-39)74-40-26-54(9,69-14)48(33(7)72-40)76-52(66)56-17-19-70-20-21-77-35-23-34-16-18-58-27-37(49(63)64)43(60)36(24-35)41(34)58/h23-24,27-33,38-40,44-48,51,61-62,67H,15-22,25-26H2,1-14H3,(H,56,66)(H,63,64)/t28-,29+,30+,31+,32-,33+,38-,39-,40+,44+,45+,46-,47-,48+,51-,53-,54-,55-/m1/s1. The fourth-order valence-corrected chi connectivity index (χ4v) is 12.8. The van der Waals surface area contributed by atoms with Crippen LogP contribution in [-0.2, 0) is 65.2 Å². The van der Waals surface area contributed by atoms with Gasteiger partial charge in [0.1, 0.15) is 34.8 Å². The van der Waals surface area contributed by atoms with Crippen molar-refractivity contribution in [3.8, 4) is 0 Å². The first-order valence-corrected chi connectivity index (χ1v) is 27.9. The van der Waals surface area contributed by atoms with E-state index in [0.717, 1.165) is 16.0 Å². The summed E-state index contributed by atoms with van der Waals surface area (Å²) >= 11 is 1.48. The Morgan fingerprint density at radius 3 is 2.23 bits per heavy atom. The lowest BCUT2D eigenvalue weighted by Gasteiger charge is -2.50. The van der Waals surface area contributed by atoms with E-state index in [0.29, 0.717) is 37.1 Å². The van der Waals surface area contributed by atoms with Crippen LogP contribution in [-0.4, -0.2) is 192 Å². The molecule has 3 fully saturated rings. The number of nitrogens with zero attached hydrogens (tertiary/aromatic N) is 2. The van der Waals surface area contributed by atoms with Crippen LogP contribution in [0.1, 0.15) is 111 Å². The first-order valence-electron chi connectivity index (χ1n) is 26.9. The number of ether oxygens (including phenoxy) is 9. The number of ketones is 1. The van der Waals surface area contributed by atoms with Gasteiger partial charge in [-0.3, -0.25) is 14.4 Å². The van der Waals surface area contributed by atoms with Crippen LogP contribution in [0, 0.1) is 23.7 Å². The van der Waals surface area contributed by atoms with Crippen molar-refractivity contribution in [3.63, 3.8) is 0 Å². The summed E-state index contributed by atoms with van der Waals surface area (Å²) in [6.45, 7) is 18.1. The van der Waals surface area contributed by atoms with E-state index in [2.05, 4.69) is 5.32 Å². The van der Waals surface area contributed by atoms with Gasteiger partial charge in [-0.1, -0.05) is 27.7 Å². The number of amides is 1. The van der Waals surface area contributed by atoms with Gasteiger partial charge in [0.25, 0.3) is 0 Å². The number of rotatable bonds is 17. The molecule has 1 amide bonds. The molecule has 4 aliphatic heterocycles. The van der Waals surface area contributed by atoms with Gasteiger partial charge in [-0.25, -0.2) is 9.59 Å². The van der Waals surface area contributed by atoms with E-state index >= 15 is 0 Å². The molecule has 0 saturated carbocycles. The van der Waals surface area contributed by atoms with Crippen LogP contribution in [0.4, 0.5) is 4.79 Å². The van der Waals surface area contributed by atoms with E-state index in [1.807, 2.05) is 43.5 Å². The van der Waals surface area contributed by atoms with Crippen molar-refractivity contribution in [3.05, 3.63) is 39.7 Å². The van der Waals surface area contributed by atoms with Gasteiger partial charge in [0, 0.05) is 79.8 Å². The molecule has 5 heterocycles. The number of alkyl carbamates (subject to hydrolysis) is 1. The Morgan fingerprint density at radius 1 is 0.922 bits per heavy atom.